The minimum absolute atomic E-state index is 0.0647. The molecule has 0 aliphatic heterocycles. The number of rotatable bonds is 3. The van der Waals surface area contributed by atoms with Gasteiger partial charge in [-0.05, 0) is 31.6 Å². The van der Waals surface area contributed by atoms with Crippen molar-refractivity contribution in [3.8, 4) is 0 Å². The van der Waals surface area contributed by atoms with Crippen molar-refractivity contribution in [2.75, 3.05) is 5.32 Å². The van der Waals surface area contributed by atoms with Gasteiger partial charge in [-0.1, -0.05) is 26.0 Å². The first-order valence-electron chi connectivity index (χ1n) is 6.86. The summed E-state index contributed by atoms with van der Waals surface area (Å²) < 4.78 is 0. The van der Waals surface area contributed by atoms with Gasteiger partial charge in [0.2, 0.25) is 5.91 Å². The number of nitrogens with one attached hydrogen (secondary N) is 1. The van der Waals surface area contributed by atoms with E-state index in [4.69, 9.17) is 0 Å². The summed E-state index contributed by atoms with van der Waals surface area (Å²) in [6, 6.07) is 0. The van der Waals surface area contributed by atoms with Gasteiger partial charge < -0.3 is 5.32 Å². The highest BCUT2D eigenvalue weighted by atomic mass is 16.1. The molecule has 0 aromatic carbocycles. The Bertz CT molecular complexity index is 472. The van der Waals surface area contributed by atoms with Crippen molar-refractivity contribution in [2.24, 2.45) is 5.92 Å². The molecule has 1 N–H and O–H groups in total. The molecule has 0 spiro atoms. The molecule has 1 aromatic rings. The van der Waals surface area contributed by atoms with Crippen LogP contribution in [0.3, 0.4) is 0 Å². The zero-order valence-electron chi connectivity index (χ0n) is 11.6. The molecule has 0 bridgehead atoms. The van der Waals surface area contributed by atoms with Crippen molar-refractivity contribution in [3.63, 3.8) is 0 Å². The van der Waals surface area contributed by atoms with E-state index in [2.05, 4.69) is 21.9 Å². The monoisotopic (exact) mass is 259 g/mol. The summed E-state index contributed by atoms with van der Waals surface area (Å²) in [4.78, 5) is 20.8. The Morgan fingerprint density at radius 2 is 1.95 bits per heavy atom. The summed E-state index contributed by atoms with van der Waals surface area (Å²) in [6.07, 6.45) is 6.97. The van der Waals surface area contributed by atoms with Crippen LogP contribution >= 0.6 is 0 Å². The molecule has 0 atom stereocenters. The van der Waals surface area contributed by atoms with Crippen LogP contribution in [0.5, 0.6) is 0 Å². The van der Waals surface area contributed by atoms with Gasteiger partial charge in [-0.15, -0.1) is 0 Å². The van der Waals surface area contributed by atoms with Gasteiger partial charge in [-0.3, -0.25) is 9.78 Å². The molecular weight excluding hydrogens is 238 g/mol. The van der Waals surface area contributed by atoms with Crippen LogP contribution in [0.1, 0.15) is 51.1 Å². The highest BCUT2D eigenvalue weighted by Crippen LogP contribution is 2.28. The fourth-order valence-corrected chi connectivity index (χ4v) is 2.37. The Hall–Kier alpha value is -1.71. The van der Waals surface area contributed by atoms with E-state index in [0.717, 1.165) is 31.4 Å². The van der Waals surface area contributed by atoms with Gasteiger partial charge >= 0.3 is 0 Å². The molecular formula is C15H21N3O. The Labute approximate surface area is 114 Å². The second kappa shape index (κ2) is 5.95. The third kappa shape index (κ3) is 3.40. The normalized spacial score (nSPS) is 16.7. The van der Waals surface area contributed by atoms with E-state index in [1.165, 1.54) is 5.57 Å². The topological polar surface area (TPSA) is 54.9 Å². The number of anilines is 1. The van der Waals surface area contributed by atoms with E-state index in [9.17, 15) is 4.79 Å². The molecule has 1 aliphatic rings. The number of carbonyl (C=O) groups excluding carboxylic acids is 1. The molecule has 1 aliphatic carbocycles. The van der Waals surface area contributed by atoms with E-state index in [1.54, 1.807) is 12.4 Å². The lowest BCUT2D eigenvalue weighted by Gasteiger charge is -2.22. The van der Waals surface area contributed by atoms with Crippen molar-refractivity contribution >= 4 is 11.7 Å². The van der Waals surface area contributed by atoms with Crippen molar-refractivity contribution in [2.45, 2.75) is 45.4 Å². The van der Waals surface area contributed by atoms with Gasteiger partial charge in [0.25, 0.3) is 0 Å². The minimum atomic E-state index is 0.0647. The van der Waals surface area contributed by atoms with Crippen LogP contribution in [0.25, 0.3) is 0 Å². The van der Waals surface area contributed by atoms with Crippen molar-refractivity contribution in [1.29, 1.82) is 0 Å². The fourth-order valence-electron chi connectivity index (χ4n) is 2.37. The second-order valence-electron chi connectivity index (χ2n) is 5.46. The van der Waals surface area contributed by atoms with Crippen LogP contribution < -0.4 is 5.32 Å². The quantitative estimate of drug-likeness (QED) is 0.847. The molecule has 1 aromatic heterocycles. The number of amides is 1. The molecule has 1 fully saturated rings. The summed E-state index contributed by atoms with van der Waals surface area (Å²) in [5.74, 6) is 0.990. The van der Waals surface area contributed by atoms with Crippen LogP contribution in [0.4, 0.5) is 5.82 Å². The first-order valence-corrected chi connectivity index (χ1v) is 6.86. The number of allylic oxidation sites excluding steroid dienone is 1. The van der Waals surface area contributed by atoms with Gasteiger partial charge in [0, 0.05) is 18.3 Å². The van der Waals surface area contributed by atoms with Gasteiger partial charge in [-0.2, -0.15) is 0 Å². The fraction of sp³-hybridized carbons (Fsp3) is 0.533. The van der Waals surface area contributed by atoms with Gasteiger partial charge in [-0.25, -0.2) is 4.98 Å². The summed E-state index contributed by atoms with van der Waals surface area (Å²) >= 11 is 0. The van der Waals surface area contributed by atoms with E-state index in [1.807, 2.05) is 13.8 Å². The first kappa shape index (κ1) is 13.7. The lowest BCUT2D eigenvalue weighted by atomic mass is 9.86. The zero-order valence-corrected chi connectivity index (χ0v) is 11.6. The molecule has 2 rings (SSSR count). The van der Waals surface area contributed by atoms with Crippen molar-refractivity contribution in [3.05, 3.63) is 30.2 Å². The molecule has 1 saturated carbocycles. The van der Waals surface area contributed by atoms with E-state index < -0.39 is 0 Å². The average Bonchev–Trinajstić information content (AvgIpc) is 2.39. The third-order valence-electron chi connectivity index (χ3n) is 3.58. The van der Waals surface area contributed by atoms with Gasteiger partial charge in [0.05, 0.1) is 5.69 Å². The number of aromatic nitrogens is 2. The van der Waals surface area contributed by atoms with Crippen LogP contribution in [0.15, 0.2) is 24.5 Å². The molecule has 19 heavy (non-hydrogen) atoms. The van der Waals surface area contributed by atoms with E-state index in [0.29, 0.717) is 5.82 Å². The molecule has 4 nitrogen and oxygen atoms in total. The number of nitrogens with zero attached hydrogens (tertiary/aromatic N) is 2. The zero-order chi connectivity index (χ0) is 13.8. The summed E-state index contributed by atoms with van der Waals surface area (Å²) in [5.41, 5.74) is 2.10. The van der Waals surface area contributed by atoms with E-state index in [-0.39, 0.29) is 17.7 Å². The smallest absolute Gasteiger partial charge is 0.228 e. The first-order chi connectivity index (χ1) is 9.08. The molecule has 0 saturated heterocycles. The van der Waals surface area contributed by atoms with Crippen LogP contribution in [-0.4, -0.2) is 15.9 Å². The highest BCUT2D eigenvalue weighted by Gasteiger charge is 2.23. The van der Waals surface area contributed by atoms with Crippen molar-refractivity contribution in [1.82, 2.24) is 9.97 Å². The summed E-state index contributed by atoms with van der Waals surface area (Å²) in [7, 11) is 0. The molecule has 0 radical (unpaired) electrons. The lowest BCUT2D eigenvalue weighted by Crippen LogP contribution is -2.26. The standard InChI is InChI=1S/C15H21N3O/c1-10(2)13-14(17-9-8-16-13)18-15(19)12-6-4-11(3)5-7-12/h8-10,12H,3-7H2,1-2H3,(H,17,18,19). The molecule has 1 heterocycles. The molecule has 0 unspecified atom stereocenters. The van der Waals surface area contributed by atoms with E-state index >= 15 is 0 Å². The van der Waals surface area contributed by atoms with Crippen LogP contribution in [0, 0.1) is 5.92 Å². The number of hydrogen-bond acceptors (Lipinski definition) is 3. The Morgan fingerprint density at radius 3 is 2.58 bits per heavy atom. The van der Waals surface area contributed by atoms with Crippen molar-refractivity contribution < 1.29 is 4.79 Å². The Balaban J connectivity index is 2.05. The van der Waals surface area contributed by atoms with Gasteiger partial charge in [0.15, 0.2) is 5.82 Å². The maximum Gasteiger partial charge on any atom is 0.228 e. The maximum atomic E-state index is 12.2. The largest absolute Gasteiger partial charge is 0.309 e. The highest BCUT2D eigenvalue weighted by molar-refractivity contribution is 5.92. The number of carbonyl (C=O) groups is 1. The minimum Gasteiger partial charge on any atom is -0.309 e. The van der Waals surface area contributed by atoms with Gasteiger partial charge in [0.1, 0.15) is 0 Å². The predicted molar refractivity (Wildman–Crippen MR) is 75.8 cm³/mol. The number of hydrogen-bond donors (Lipinski definition) is 1. The molecule has 102 valence electrons. The predicted octanol–water partition coefficient (Wildman–Crippen LogP) is 3.28. The Morgan fingerprint density at radius 1 is 1.32 bits per heavy atom. The Kier molecular flexibility index (Phi) is 4.30. The molecule has 1 amide bonds. The maximum absolute atomic E-state index is 12.2. The third-order valence-corrected chi connectivity index (χ3v) is 3.58. The summed E-state index contributed by atoms with van der Waals surface area (Å²) in [5, 5.41) is 2.93. The van der Waals surface area contributed by atoms with Crippen LogP contribution in [-0.2, 0) is 4.79 Å². The SMILES string of the molecule is C=C1CCC(C(=O)Nc2nccnc2C(C)C)CC1. The van der Waals surface area contributed by atoms with Crippen LogP contribution in [0.2, 0.25) is 0 Å². The average molecular weight is 259 g/mol. The lowest BCUT2D eigenvalue weighted by molar-refractivity contribution is -0.120. The second-order valence-corrected chi connectivity index (χ2v) is 5.46. The summed E-state index contributed by atoms with van der Waals surface area (Å²) in [6.45, 7) is 8.07. The molecule has 4 heteroatoms.